The monoisotopic (exact) mass is 263 g/mol. The van der Waals surface area contributed by atoms with Crippen molar-refractivity contribution < 1.29 is 4.92 Å². The summed E-state index contributed by atoms with van der Waals surface area (Å²) in [5, 5.41) is 10.8. The van der Waals surface area contributed by atoms with Crippen molar-refractivity contribution in [1.82, 2.24) is 4.90 Å². The Hall–Kier alpha value is -1.62. The van der Waals surface area contributed by atoms with E-state index in [-0.39, 0.29) is 10.6 Å². The molecule has 1 aromatic rings. The number of hydrogen-bond donors (Lipinski definition) is 1. The van der Waals surface area contributed by atoms with Gasteiger partial charge in [-0.3, -0.25) is 15.0 Å². The zero-order chi connectivity index (χ0) is 14.0. The van der Waals surface area contributed by atoms with Crippen molar-refractivity contribution in [3.8, 4) is 0 Å². The highest BCUT2D eigenvalue weighted by molar-refractivity contribution is 5.52. The summed E-state index contributed by atoms with van der Waals surface area (Å²) >= 11 is 0. The number of hydrogen-bond acceptors (Lipinski definition) is 4. The first-order valence-corrected chi connectivity index (χ1v) is 6.77. The highest BCUT2D eigenvalue weighted by atomic mass is 16.6. The van der Waals surface area contributed by atoms with Crippen LogP contribution in [0.3, 0.4) is 0 Å². The van der Waals surface area contributed by atoms with Gasteiger partial charge in [-0.25, -0.2) is 0 Å². The van der Waals surface area contributed by atoms with Gasteiger partial charge >= 0.3 is 0 Å². The molecule has 0 amide bonds. The lowest BCUT2D eigenvalue weighted by Crippen LogP contribution is -2.43. The van der Waals surface area contributed by atoms with E-state index in [1.807, 2.05) is 0 Å². The van der Waals surface area contributed by atoms with E-state index in [0.717, 1.165) is 5.56 Å². The average molecular weight is 263 g/mol. The van der Waals surface area contributed by atoms with Crippen molar-refractivity contribution in [2.24, 2.45) is 0 Å². The van der Waals surface area contributed by atoms with E-state index in [1.54, 1.807) is 12.1 Å². The minimum atomic E-state index is -0.369. The smallest absolute Gasteiger partial charge is 0.269 e. The number of nitrogens with zero attached hydrogens (tertiary/aromatic N) is 2. The molecular formula is C14H21N3O2. The summed E-state index contributed by atoms with van der Waals surface area (Å²) in [5.41, 5.74) is 7.55. The van der Waals surface area contributed by atoms with Gasteiger partial charge in [-0.15, -0.1) is 0 Å². The fourth-order valence-corrected chi connectivity index (χ4v) is 2.83. The van der Waals surface area contributed by atoms with E-state index < -0.39 is 0 Å². The Labute approximate surface area is 113 Å². The molecule has 104 valence electrons. The third kappa shape index (κ3) is 3.04. The third-order valence-electron chi connectivity index (χ3n) is 4.07. The first-order chi connectivity index (χ1) is 8.99. The largest absolute Gasteiger partial charge is 0.398 e. The molecule has 2 atom stereocenters. The van der Waals surface area contributed by atoms with Crippen LogP contribution in [0.5, 0.6) is 0 Å². The van der Waals surface area contributed by atoms with Crippen LogP contribution in [0.4, 0.5) is 11.4 Å². The second kappa shape index (κ2) is 5.57. The summed E-state index contributed by atoms with van der Waals surface area (Å²) in [6, 6.07) is 5.70. The quantitative estimate of drug-likeness (QED) is 0.517. The van der Waals surface area contributed by atoms with Gasteiger partial charge < -0.3 is 5.73 Å². The molecule has 0 unspecified atom stereocenters. The molecule has 2 N–H and O–H groups in total. The summed E-state index contributed by atoms with van der Waals surface area (Å²) in [6.45, 7) is 5.11. The van der Waals surface area contributed by atoms with E-state index in [2.05, 4.69) is 18.7 Å². The predicted octanol–water partition coefficient (Wildman–Crippen LogP) is 2.94. The van der Waals surface area contributed by atoms with Crippen molar-refractivity contribution in [2.45, 2.75) is 51.7 Å². The molecule has 1 fully saturated rings. The molecule has 0 bridgehead atoms. The first-order valence-electron chi connectivity index (χ1n) is 6.77. The maximum Gasteiger partial charge on any atom is 0.269 e. The van der Waals surface area contributed by atoms with Gasteiger partial charge in [-0.1, -0.05) is 6.42 Å². The lowest BCUT2D eigenvalue weighted by molar-refractivity contribution is -0.384. The average Bonchev–Trinajstić information content (AvgIpc) is 2.35. The van der Waals surface area contributed by atoms with Crippen LogP contribution in [0, 0.1) is 10.1 Å². The number of anilines is 1. The highest BCUT2D eigenvalue weighted by Gasteiger charge is 2.25. The standard InChI is InChI=1S/C14H21N3O2/c1-10-4-3-5-11(2)16(10)9-12-8-13(17(18)19)6-7-14(12)15/h6-8,10-11H,3-5,9,15H2,1-2H3/t10-,11+. The number of non-ortho nitro benzene ring substituents is 1. The molecule has 0 saturated carbocycles. The molecule has 1 saturated heterocycles. The predicted molar refractivity (Wildman–Crippen MR) is 75.8 cm³/mol. The SMILES string of the molecule is C[C@@H]1CCC[C@H](C)N1Cc1cc([N+](=O)[O-])ccc1N. The molecule has 1 heterocycles. The number of nitro benzene ring substituents is 1. The van der Waals surface area contributed by atoms with Crippen LogP contribution in [-0.4, -0.2) is 21.9 Å². The number of nitrogens with two attached hydrogens (primary N) is 1. The van der Waals surface area contributed by atoms with Crippen molar-refractivity contribution in [2.75, 3.05) is 5.73 Å². The van der Waals surface area contributed by atoms with Gasteiger partial charge in [0, 0.05) is 36.4 Å². The Morgan fingerprint density at radius 2 is 2.00 bits per heavy atom. The maximum absolute atomic E-state index is 10.8. The zero-order valence-electron chi connectivity index (χ0n) is 11.5. The summed E-state index contributed by atoms with van der Waals surface area (Å²) in [6.07, 6.45) is 3.61. The van der Waals surface area contributed by atoms with Gasteiger partial charge in [0.25, 0.3) is 5.69 Å². The summed E-state index contributed by atoms with van der Waals surface area (Å²) < 4.78 is 0. The van der Waals surface area contributed by atoms with Gasteiger partial charge in [-0.2, -0.15) is 0 Å². The summed E-state index contributed by atoms with van der Waals surface area (Å²) in [4.78, 5) is 12.9. The number of likely N-dealkylation sites (tertiary alicyclic amines) is 1. The lowest BCUT2D eigenvalue weighted by atomic mass is 9.96. The van der Waals surface area contributed by atoms with Crippen LogP contribution < -0.4 is 5.73 Å². The second-order valence-corrected chi connectivity index (χ2v) is 5.44. The number of nitrogen functional groups attached to an aromatic ring is 1. The van der Waals surface area contributed by atoms with Crippen LogP contribution in [-0.2, 0) is 6.54 Å². The van der Waals surface area contributed by atoms with E-state index >= 15 is 0 Å². The number of nitro groups is 1. The second-order valence-electron chi connectivity index (χ2n) is 5.44. The minimum Gasteiger partial charge on any atom is -0.398 e. The van der Waals surface area contributed by atoms with Gasteiger partial charge in [-0.05, 0) is 38.3 Å². The Bertz CT molecular complexity index is 466. The van der Waals surface area contributed by atoms with Gasteiger partial charge in [0.2, 0.25) is 0 Å². The molecule has 19 heavy (non-hydrogen) atoms. The molecule has 1 aromatic carbocycles. The fourth-order valence-electron chi connectivity index (χ4n) is 2.83. The third-order valence-corrected chi connectivity index (χ3v) is 4.07. The van der Waals surface area contributed by atoms with E-state index in [4.69, 9.17) is 5.73 Å². The summed E-state index contributed by atoms with van der Waals surface area (Å²) in [5.74, 6) is 0. The van der Waals surface area contributed by atoms with E-state index in [9.17, 15) is 10.1 Å². The van der Waals surface area contributed by atoms with Gasteiger partial charge in [0.05, 0.1) is 4.92 Å². The molecule has 1 aliphatic heterocycles. The topological polar surface area (TPSA) is 72.4 Å². The molecule has 5 heteroatoms. The molecule has 0 radical (unpaired) electrons. The zero-order valence-corrected chi connectivity index (χ0v) is 11.5. The fraction of sp³-hybridized carbons (Fsp3) is 0.571. The normalized spacial score (nSPS) is 24.3. The molecule has 2 rings (SSSR count). The van der Waals surface area contributed by atoms with E-state index in [1.165, 1.54) is 25.3 Å². The molecular weight excluding hydrogens is 242 g/mol. The minimum absolute atomic E-state index is 0.113. The van der Waals surface area contributed by atoms with Crippen LogP contribution in [0.1, 0.15) is 38.7 Å². The first kappa shape index (κ1) is 13.8. The molecule has 5 nitrogen and oxygen atoms in total. The van der Waals surface area contributed by atoms with E-state index in [0.29, 0.717) is 24.3 Å². The molecule has 0 spiro atoms. The Morgan fingerprint density at radius 1 is 1.37 bits per heavy atom. The van der Waals surface area contributed by atoms with Crippen molar-refractivity contribution >= 4 is 11.4 Å². The maximum atomic E-state index is 10.8. The number of benzene rings is 1. The van der Waals surface area contributed by atoms with Crippen LogP contribution in [0.25, 0.3) is 0 Å². The Morgan fingerprint density at radius 3 is 2.58 bits per heavy atom. The van der Waals surface area contributed by atoms with Crippen molar-refractivity contribution in [1.29, 1.82) is 0 Å². The number of rotatable bonds is 3. The van der Waals surface area contributed by atoms with Crippen molar-refractivity contribution in [3.05, 3.63) is 33.9 Å². The van der Waals surface area contributed by atoms with Crippen LogP contribution in [0.15, 0.2) is 18.2 Å². The van der Waals surface area contributed by atoms with Crippen LogP contribution >= 0.6 is 0 Å². The summed E-state index contributed by atoms with van der Waals surface area (Å²) in [7, 11) is 0. The Kier molecular flexibility index (Phi) is 4.04. The Balaban J connectivity index is 2.21. The lowest BCUT2D eigenvalue weighted by Gasteiger charge is -2.39. The van der Waals surface area contributed by atoms with Gasteiger partial charge in [0.15, 0.2) is 0 Å². The molecule has 1 aliphatic rings. The van der Waals surface area contributed by atoms with Gasteiger partial charge in [0.1, 0.15) is 0 Å². The number of piperidine rings is 1. The highest BCUT2D eigenvalue weighted by Crippen LogP contribution is 2.27. The molecule has 0 aliphatic carbocycles. The molecule has 0 aromatic heterocycles. The van der Waals surface area contributed by atoms with Crippen molar-refractivity contribution in [3.63, 3.8) is 0 Å². The van der Waals surface area contributed by atoms with Crippen LogP contribution in [0.2, 0.25) is 0 Å².